The van der Waals surface area contributed by atoms with Crippen LogP contribution >= 0.6 is 0 Å². The molecule has 0 spiro atoms. The van der Waals surface area contributed by atoms with E-state index < -0.39 is 57.2 Å². The number of hydrogen-bond donors (Lipinski definition) is 0. The summed E-state index contributed by atoms with van der Waals surface area (Å²) >= 11 is 0. The van der Waals surface area contributed by atoms with Gasteiger partial charge in [0, 0.05) is 6.42 Å². The van der Waals surface area contributed by atoms with Gasteiger partial charge in [0.2, 0.25) is 0 Å². The lowest BCUT2D eigenvalue weighted by molar-refractivity contribution is -0.193. The van der Waals surface area contributed by atoms with Gasteiger partial charge in [-0.05, 0) is 23.8 Å². The van der Waals surface area contributed by atoms with Gasteiger partial charge in [-0.15, -0.1) is 0 Å². The second-order valence-electron chi connectivity index (χ2n) is 6.01. The van der Waals surface area contributed by atoms with Gasteiger partial charge in [-0.3, -0.25) is 4.18 Å². The highest BCUT2D eigenvalue weighted by Gasteiger charge is 2.45. The summed E-state index contributed by atoms with van der Waals surface area (Å²) in [5.74, 6) is 0. The first-order valence-corrected chi connectivity index (χ1v) is 9.24. The molecule has 0 aromatic heterocycles. The van der Waals surface area contributed by atoms with Crippen molar-refractivity contribution in [1.82, 2.24) is 0 Å². The molecule has 0 amide bonds. The van der Waals surface area contributed by atoms with Gasteiger partial charge in [0.05, 0.1) is 16.0 Å². The Bertz CT molecular complexity index is 946. The minimum Gasteiger partial charge on any atom is -0.253 e. The Morgan fingerprint density at radius 3 is 1.63 bits per heavy atom. The van der Waals surface area contributed by atoms with Gasteiger partial charge in [-0.1, -0.05) is 30.3 Å². The molecule has 1 atom stereocenters. The van der Waals surface area contributed by atoms with E-state index in [2.05, 4.69) is 4.18 Å². The first kappa shape index (κ1) is 24.0. The molecule has 0 aliphatic carbocycles. The third-order valence-corrected chi connectivity index (χ3v) is 5.02. The molecule has 0 fully saturated rings. The zero-order chi connectivity index (χ0) is 23.0. The Morgan fingerprint density at radius 2 is 1.23 bits per heavy atom. The minimum absolute atomic E-state index is 0.0185. The van der Waals surface area contributed by atoms with E-state index in [1.807, 2.05) is 0 Å². The largest absolute Gasteiger partial charge is 0.416 e. The number of alkyl halides is 9. The molecule has 3 nitrogen and oxygen atoms in total. The van der Waals surface area contributed by atoms with Crippen molar-refractivity contribution in [3.8, 4) is 0 Å². The second kappa shape index (κ2) is 8.10. The normalized spacial score (nSPS) is 14.6. The van der Waals surface area contributed by atoms with Gasteiger partial charge in [-0.2, -0.15) is 47.9 Å². The summed E-state index contributed by atoms with van der Waals surface area (Å²) in [5, 5.41) is 0. The summed E-state index contributed by atoms with van der Waals surface area (Å²) in [7, 11) is -5.65. The molecule has 0 radical (unpaired) electrons. The Kier molecular flexibility index (Phi) is 6.48. The fourth-order valence-electron chi connectivity index (χ4n) is 2.31. The Balaban J connectivity index is 2.50. The third kappa shape index (κ3) is 6.11. The fraction of sp³-hybridized carbons (Fsp3) is 0.294. The van der Waals surface area contributed by atoms with E-state index in [1.165, 1.54) is 30.3 Å². The summed E-state index contributed by atoms with van der Waals surface area (Å²) in [6, 6.07) is 5.77. The number of hydrogen-bond acceptors (Lipinski definition) is 3. The molecule has 0 N–H and O–H groups in total. The molecule has 166 valence electrons. The molecule has 0 heterocycles. The molecular formula is C17H11F9O3S. The predicted molar refractivity (Wildman–Crippen MR) is 84.7 cm³/mol. The van der Waals surface area contributed by atoms with E-state index in [1.54, 1.807) is 0 Å². The van der Waals surface area contributed by atoms with Gasteiger partial charge in [0.1, 0.15) is 0 Å². The van der Waals surface area contributed by atoms with Gasteiger partial charge in [0.25, 0.3) is 10.1 Å². The van der Waals surface area contributed by atoms with Crippen molar-refractivity contribution in [3.63, 3.8) is 0 Å². The Morgan fingerprint density at radius 1 is 0.767 bits per heavy atom. The van der Waals surface area contributed by atoms with Crippen molar-refractivity contribution in [2.24, 2.45) is 0 Å². The summed E-state index contributed by atoms with van der Waals surface area (Å²) in [6.45, 7) is 0. The van der Waals surface area contributed by atoms with Gasteiger partial charge < -0.3 is 0 Å². The van der Waals surface area contributed by atoms with Crippen LogP contribution < -0.4 is 0 Å². The SMILES string of the molecule is O=S(=O)(OC(Cc1ccccc1)C(F)(F)F)c1cc(C(F)(F)F)cc(C(F)(F)F)c1. The first-order valence-electron chi connectivity index (χ1n) is 7.83. The van der Waals surface area contributed by atoms with Crippen molar-refractivity contribution >= 4 is 10.1 Å². The third-order valence-electron chi connectivity index (χ3n) is 3.72. The first-order chi connectivity index (χ1) is 13.5. The van der Waals surface area contributed by atoms with Crippen molar-refractivity contribution in [2.45, 2.75) is 35.9 Å². The molecular weight excluding hydrogens is 455 g/mol. The molecule has 0 saturated carbocycles. The average Bonchev–Trinajstić information content (AvgIpc) is 2.59. The van der Waals surface area contributed by atoms with Gasteiger partial charge in [-0.25, -0.2) is 0 Å². The van der Waals surface area contributed by atoms with Crippen LogP contribution in [-0.4, -0.2) is 20.7 Å². The zero-order valence-electron chi connectivity index (χ0n) is 14.4. The van der Waals surface area contributed by atoms with Gasteiger partial charge >= 0.3 is 18.5 Å². The van der Waals surface area contributed by atoms with Gasteiger partial charge in [0.15, 0.2) is 6.10 Å². The van der Waals surface area contributed by atoms with Crippen LogP contribution in [0.2, 0.25) is 0 Å². The molecule has 2 aromatic rings. The Hall–Kier alpha value is -2.28. The van der Waals surface area contributed by atoms with Crippen LogP contribution in [0.3, 0.4) is 0 Å². The maximum Gasteiger partial charge on any atom is 0.416 e. The van der Waals surface area contributed by atoms with Crippen LogP contribution in [0.5, 0.6) is 0 Å². The van der Waals surface area contributed by atoms with Crippen molar-refractivity contribution in [2.75, 3.05) is 0 Å². The summed E-state index contributed by atoms with van der Waals surface area (Å²) in [6.07, 6.45) is -20.1. The van der Waals surface area contributed by atoms with Crippen molar-refractivity contribution < 1.29 is 52.1 Å². The van der Waals surface area contributed by atoms with E-state index in [4.69, 9.17) is 0 Å². The van der Waals surface area contributed by atoms with Crippen LogP contribution in [0.1, 0.15) is 16.7 Å². The van der Waals surface area contributed by atoms with Crippen LogP contribution in [0, 0.1) is 0 Å². The molecule has 0 bridgehead atoms. The topological polar surface area (TPSA) is 43.4 Å². The summed E-state index contributed by atoms with van der Waals surface area (Å²) in [4.78, 5) is -1.70. The van der Waals surface area contributed by atoms with E-state index in [0.29, 0.717) is 0 Å². The molecule has 2 aromatic carbocycles. The van der Waals surface area contributed by atoms with E-state index >= 15 is 0 Å². The molecule has 2 rings (SSSR count). The Labute approximate surface area is 164 Å². The lowest BCUT2D eigenvalue weighted by atomic mass is 10.1. The quantitative estimate of drug-likeness (QED) is 0.426. The van der Waals surface area contributed by atoms with E-state index in [-0.39, 0.29) is 23.8 Å². The molecule has 0 aliphatic heterocycles. The van der Waals surface area contributed by atoms with Crippen molar-refractivity contribution in [1.29, 1.82) is 0 Å². The molecule has 0 aliphatic rings. The van der Waals surface area contributed by atoms with Crippen molar-refractivity contribution in [3.05, 3.63) is 65.2 Å². The minimum atomic E-state index is -5.65. The van der Waals surface area contributed by atoms with Crippen LogP contribution in [-0.2, 0) is 33.1 Å². The van der Waals surface area contributed by atoms with Crippen LogP contribution in [0.25, 0.3) is 0 Å². The highest BCUT2D eigenvalue weighted by Crippen LogP contribution is 2.38. The molecule has 13 heteroatoms. The number of benzene rings is 2. The summed E-state index contributed by atoms with van der Waals surface area (Å²) in [5.41, 5.74) is -4.03. The van der Waals surface area contributed by atoms with Crippen LogP contribution in [0.15, 0.2) is 53.4 Å². The standard InChI is InChI=1S/C17H11F9O3S/c18-15(19,20)11-7-12(16(21,22)23)9-13(8-11)30(27,28)29-14(17(24,25)26)6-10-4-2-1-3-5-10/h1-5,7-9,14H,6H2. The predicted octanol–water partition coefficient (Wildman–Crippen LogP) is 5.60. The smallest absolute Gasteiger partial charge is 0.253 e. The maximum atomic E-state index is 13.2. The number of halogens is 9. The second-order valence-corrected chi connectivity index (χ2v) is 7.58. The average molecular weight is 466 g/mol. The zero-order valence-corrected chi connectivity index (χ0v) is 15.3. The number of rotatable bonds is 5. The fourth-order valence-corrected chi connectivity index (χ4v) is 3.45. The monoisotopic (exact) mass is 466 g/mol. The molecule has 0 saturated heterocycles. The highest BCUT2D eigenvalue weighted by molar-refractivity contribution is 7.86. The summed E-state index contributed by atoms with van der Waals surface area (Å²) < 4.78 is 145. The van der Waals surface area contributed by atoms with E-state index in [0.717, 1.165) is 0 Å². The lowest BCUT2D eigenvalue weighted by Crippen LogP contribution is -2.36. The van der Waals surface area contributed by atoms with Crippen LogP contribution in [0.4, 0.5) is 39.5 Å². The maximum absolute atomic E-state index is 13.2. The molecule has 1 unspecified atom stereocenters. The highest BCUT2D eigenvalue weighted by atomic mass is 32.2. The molecule has 30 heavy (non-hydrogen) atoms. The lowest BCUT2D eigenvalue weighted by Gasteiger charge is -2.21. The van der Waals surface area contributed by atoms with E-state index in [9.17, 15) is 47.9 Å².